The van der Waals surface area contributed by atoms with E-state index in [2.05, 4.69) is 10.6 Å². The van der Waals surface area contributed by atoms with Gasteiger partial charge in [0.25, 0.3) is 0 Å². The number of halogens is 1. The average Bonchev–Trinajstić information content (AvgIpc) is 2.88. The van der Waals surface area contributed by atoms with E-state index in [0.717, 1.165) is 41.8 Å². The zero-order valence-corrected chi connectivity index (χ0v) is 21.2. The third kappa shape index (κ3) is 6.80. The van der Waals surface area contributed by atoms with Gasteiger partial charge in [-0.2, -0.15) is 0 Å². The Hall–Kier alpha value is -2.96. The van der Waals surface area contributed by atoms with E-state index in [1.807, 2.05) is 54.6 Å². The number of anilines is 2. The van der Waals surface area contributed by atoms with Crippen LogP contribution in [0.25, 0.3) is 0 Å². The minimum atomic E-state index is -0.499. The van der Waals surface area contributed by atoms with Crippen LogP contribution in [0, 0.1) is 5.92 Å². The lowest BCUT2D eigenvalue weighted by atomic mass is 9.88. The lowest BCUT2D eigenvalue weighted by Crippen LogP contribution is -2.24. The molecule has 0 aromatic heterocycles. The maximum absolute atomic E-state index is 13.4. The van der Waals surface area contributed by atoms with Crippen LogP contribution in [0.1, 0.15) is 42.9 Å². The fraction of sp³-hybridized carbons (Fsp3) is 0.286. The van der Waals surface area contributed by atoms with Crippen molar-refractivity contribution in [3.8, 4) is 5.75 Å². The molecule has 3 aromatic carbocycles. The number of rotatable bonds is 8. The molecule has 0 heterocycles. The predicted molar refractivity (Wildman–Crippen MR) is 143 cm³/mol. The molecule has 1 aliphatic carbocycles. The van der Waals surface area contributed by atoms with Crippen molar-refractivity contribution in [2.75, 3.05) is 17.7 Å². The van der Waals surface area contributed by atoms with Crippen LogP contribution in [0.4, 0.5) is 11.4 Å². The Bertz CT molecular complexity index is 1170. The molecule has 0 bridgehead atoms. The highest BCUT2D eigenvalue weighted by Crippen LogP contribution is 2.38. The molecule has 1 fully saturated rings. The van der Waals surface area contributed by atoms with Gasteiger partial charge in [-0.15, -0.1) is 11.8 Å². The van der Waals surface area contributed by atoms with Gasteiger partial charge in [-0.1, -0.05) is 67.3 Å². The van der Waals surface area contributed by atoms with Crippen molar-refractivity contribution in [3.63, 3.8) is 0 Å². The summed E-state index contributed by atoms with van der Waals surface area (Å²) in [6.45, 7) is 0. The van der Waals surface area contributed by atoms with Crippen LogP contribution in [-0.4, -0.2) is 18.9 Å². The van der Waals surface area contributed by atoms with Crippen LogP contribution < -0.4 is 15.4 Å². The van der Waals surface area contributed by atoms with Gasteiger partial charge in [0.2, 0.25) is 11.8 Å². The molecule has 7 heteroatoms. The monoisotopic (exact) mass is 508 g/mol. The van der Waals surface area contributed by atoms with Crippen molar-refractivity contribution in [1.29, 1.82) is 0 Å². The van der Waals surface area contributed by atoms with Gasteiger partial charge < -0.3 is 15.4 Å². The number of carbonyl (C=O) groups excluding carboxylic acids is 2. The van der Waals surface area contributed by atoms with E-state index >= 15 is 0 Å². The number of carbonyl (C=O) groups is 2. The fourth-order valence-electron chi connectivity index (χ4n) is 4.25. The highest BCUT2D eigenvalue weighted by molar-refractivity contribution is 8.00. The Morgan fingerprint density at radius 1 is 0.914 bits per heavy atom. The van der Waals surface area contributed by atoms with Crippen molar-refractivity contribution < 1.29 is 14.3 Å². The van der Waals surface area contributed by atoms with Gasteiger partial charge >= 0.3 is 0 Å². The number of benzene rings is 3. The molecule has 2 amide bonds. The summed E-state index contributed by atoms with van der Waals surface area (Å²) >= 11 is 7.68. The largest absolute Gasteiger partial charge is 0.495 e. The van der Waals surface area contributed by atoms with Crippen LogP contribution >= 0.6 is 23.4 Å². The quantitative estimate of drug-likeness (QED) is 0.312. The molecule has 0 aliphatic heterocycles. The minimum Gasteiger partial charge on any atom is -0.495 e. The van der Waals surface area contributed by atoms with Gasteiger partial charge in [0.15, 0.2) is 0 Å². The van der Waals surface area contributed by atoms with E-state index in [9.17, 15) is 9.59 Å². The number of amides is 2. The standard InChI is InChI=1S/C28H29ClN2O3S/c1-34-25-16-15-22(18-24(25)29)31-28(33)26(19-9-4-2-5-10-19)35-23-14-8-13-21(17-23)30-27(32)20-11-6-3-7-12-20/h2,4-5,8-10,13-18,20,26H,3,6-7,11-12H2,1H3,(H,30,32)(H,31,33). The molecule has 1 aliphatic rings. The van der Waals surface area contributed by atoms with Crippen molar-refractivity contribution in [2.45, 2.75) is 42.2 Å². The van der Waals surface area contributed by atoms with E-state index in [-0.39, 0.29) is 17.7 Å². The van der Waals surface area contributed by atoms with E-state index in [1.54, 1.807) is 25.3 Å². The molecule has 5 nitrogen and oxygen atoms in total. The van der Waals surface area contributed by atoms with E-state index in [4.69, 9.17) is 16.3 Å². The van der Waals surface area contributed by atoms with E-state index < -0.39 is 5.25 Å². The third-order valence-electron chi connectivity index (χ3n) is 6.09. The molecule has 1 unspecified atom stereocenters. The summed E-state index contributed by atoms with van der Waals surface area (Å²) in [6, 6.07) is 22.5. The molecule has 182 valence electrons. The van der Waals surface area contributed by atoms with E-state index in [0.29, 0.717) is 16.5 Å². The summed E-state index contributed by atoms with van der Waals surface area (Å²) in [5.41, 5.74) is 2.22. The fourth-order valence-corrected chi connectivity index (χ4v) is 5.59. The van der Waals surface area contributed by atoms with Gasteiger partial charge in [0.05, 0.1) is 12.1 Å². The van der Waals surface area contributed by atoms with Gasteiger partial charge in [-0.05, 0) is 54.8 Å². The van der Waals surface area contributed by atoms with Crippen LogP contribution in [0.15, 0.2) is 77.7 Å². The molecule has 0 radical (unpaired) electrons. The normalized spacial score (nSPS) is 14.7. The van der Waals surface area contributed by atoms with Crippen LogP contribution in [0.3, 0.4) is 0 Å². The summed E-state index contributed by atoms with van der Waals surface area (Å²) in [5.74, 6) is 0.546. The summed E-state index contributed by atoms with van der Waals surface area (Å²) in [7, 11) is 1.55. The van der Waals surface area contributed by atoms with Gasteiger partial charge in [-0.3, -0.25) is 9.59 Å². The number of thioether (sulfide) groups is 1. The molecule has 3 aromatic rings. The molecule has 35 heavy (non-hydrogen) atoms. The van der Waals surface area contributed by atoms with Crippen molar-refractivity contribution in [2.24, 2.45) is 5.92 Å². The Kier molecular flexibility index (Phi) is 8.72. The van der Waals surface area contributed by atoms with Crippen LogP contribution in [0.5, 0.6) is 5.75 Å². The molecular weight excluding hydrogens is 480 g/mol. The minimum absolute atomic E-state index is 0.0826. The Labute approximate surface area is 215 Å². The SMILES string of the molecule is COc1ccc(NC(=O)C(Sc2cccc(NC(=O)C3CCCCC3)c2)c2ccccc2)cc1Cl. The highest BCUT2D eigenvalue weighted by atomic mass is 35.5. The lowest BCUT2D eigenvalue weighted by molar-refractivity contribution is -0.120. The number of hydrogen-bond acceptors (Lipinski definition) is 4. The van der Waals surface area contributed by atoms with Gasteiger partial charge in [0, 0.05) is 22.2 Å². The molecule has 2 N–H and O–H groups in total. The topological polar surface area (TPSA) is 67.4 Å². The maximum atomic E-state index is 13.4. The number of ether oxygens (including phenoxy) is 1. The predicted octanol–water partition coefficient (Wildman–Crippen LogP) is 7.34. The summed E-state index contributed by atoms with van der Waals surface area (Å²) in [5, 5.41) is 5.97. The first-order valence-corrected chi connectivity index (χ1v) is 13.1. The molecule has 1 saturated carbocycles. The van der Waals surface area contributed by atoms with Crippen molar-refractivity contribution in [3.05, 3.63) is 83.4 Å². The average molecular weight is 509 g/mol. The molecule has 0 spiro atoms. The lowest BCUT2D eigenvalue weighted by Gasteiger charge is -2.21. The van der Waals surface area contributed by atoms with Crippen LogP contribution in [-0.2, 0) is 9.59 Å². The molecule has 0 saturated heterocycles. The first-order valence-electron chi connectivity index (χ1n) is 11.8. The zero-order valence-electron chi connectivity index (χ0n) is 19.6. The zero-order chi connectivity index (χ0) is 24.6. The number of nitrogens with one attached hydrogen (secondary N) is 2. The van der Waals surface area contributed by atoms with Gasteiger partial charge in [-0.25, -0.2) is 0 Å². The second kappa shape index (κ2) is 12.1. The third-order valence-corrected chi connectivity index (χ3v) is 7.63. The second-order valence-corrected chi connectivity index (χ2v) is 10.2. The van der Waals surface area contributed by atoms with Gasteiger partial charge in [0.1, 0.15) is 11.0 Å². The molecule has 4 rings (SSSR count). The Balaban J connectivity index is 1.51. The van der Waals surface area contributed by atoms with Crippen molar-refractivity contribution in [1.82, 2.24) is 0 Å². The first-order chi connectivity index (χ1) is 17.0. The summed E-state index contributed by atoms with van der Waals surface area (Å²) in [4.78, 5) is 27.0. The summed E-state index contributed by atoms with van der Waals surface area (Å²) in [6.07, 6.45) is 5.34. The van der Waals surface area contributed by atoms with Crippen molar-refractivity contribution >= 4 is 46.6 Å². The summed E-state index contributed by atoms with van der Waals surface area (Å²) < 4.78 is 5.20. The molecule has 1 atom stereocenters. The molecular formula is C28H29ClN2O3S. The van der Waals surface area contributed by atoms with Crippen LogP contribution in [0.2, 0.25) is 5.02 Å². The van der Waals surface area contributed by atoms with E-state index in [1.165, 1.54) is 18.2 Å². The Morgan fingerprint density at radius 2 is 1.66 bits per heavy atom. The smallest absolute Gasteiger partial charge is 0.242 e. The highest BCUT2D eigenvalue weighted by Gasteiger charge is 2.24. The number of hydrogen-bond donors (Lipinski definition) is 2. The first kappa shape index (κ1) is 25.1. The second-order valence-electron chi connectivity index (χ2n) is 8.60. The number of methoxy groups -OCH3 is 1. The Morgan fingerprint density at radius 3 is 2.37 bits per heavy atom. The maximum Gasteiger partial charge on any atom is 0.242 e.